The summed E-state index contributed by atoms with van der Waals surface area (Å²) >= 11 is 0. The summed E-state index contributed by atoms with van der Waals surface area (Å²) < 4.78 is 13.6. The molecule has 1 fully saturated rings. The van der Waals surface area contributed by atoms with Gasteiger partial charge in [0, 0.05) is 24.7 Å². The maximum Gasteiger partial charge on any atom is 0.318 e. The minimum Gasteiger partial charge on any atom is -0.508 e. The standard InChI is InChI=1S/C18H19FN2O2/c19-17-7-2-1-5-14(17)11-20-18(23)21(15-8-9-15)12-13-4-3-6-16(22)10-13/h1-7,10,15,22H,8-9,11-12H2,(H,20,23). The van der Waals surface area contributed by atoms with Gasteiger partial charge in [-0.2, -0.15) is 0 Å². The normalized spacial score (nSPS) is 13.6. The Bertz CT molecular complexity index is 701. The van der Waals surface area contributed by atoms with E-state index >= 15 is 0 Å². The van der Waals surface area contributed by atoms with Gasteiger partial charge < -0.3 is 15.3 Å². The Labute approximate surface area is 134 Å². The van der Waals surface area contributed by atoms with E-state index in [9.17, 15) is 14.3 Å². The third-order valence-electron chi connectivity index (χ3n) is 3.90. The number of carbonyl (C=O) groups excluding carboxylic acids is 1. The summed E-state index contributed by atoms with van der Waals surface area (Å²) in [4.78, 5) is 14.2. The molecule has 4 nitrogen and oxygen atoms in total. The lowest BCUT2D eigenvalue weighted by atomic mass is 10.2. The zero-order valence-corrected chi connectivity index (χ0v) is 12.7. The summed E-state index contributed by atoms with van der Waals surface area (Å²) in [7, 11) is 0. The molecule has 2 aromatic carbocycles. The molecule has 0 heterocycles. The van der Waals surface area contributed by atoms with Gasteiger partial charge in [0.05, 0.1) is 0 Å². The number of carbonyl (C=O) groups is 1. The highest BCUT2D eigenvalue weighted by atomic mass is 19.1. The van der Waals surface area contributed by atoms with Crippen molar-refractivity contribution < 1.29 is 14.3 Å². The fourth-order valence-corrected chi connectivity index (χ4v) is 2.52. The molecule has 0 atom stereocenters. The Kier molecular flexibility index (Phi) is 4.46. The molecule has 1 saturated carbocycles. The lowest BCUT2D eigenvalue weighted by Gasteiger charge is -2.23. The van der Waals surface area contributed by atoms with Crippen LogP contribution >= 0.6 is 0 Å². The molecular weight excluding hydrogens is 295 g/mol. The van der Waals surface area contributed by atoms with Crippen LogP contribution in [0, 0.1) is 5.82 Å². The monoisotopic (exact) mass is 314 g/mol. The van der Waals surface area contributed by atoms with Crippen molar-refractivity contribution in [1.29, 1.82) is 0 Å². The summed E-state index contributed by atoms with van der Waals surface area (Å²) in [5.74, 6) is -0.135. The van der Waals surface area contributed by atoms with E-state index in [1.807, 2.05) is 6.07 Å². The molecule has 0 saturated heterocycles. The van der Waals surface area contributed by atoms with E-state index < -0.39 is 0 Å². The van der Waals surface area contributed by atoms with Crippen LogP contribution in [0.25, 0.3) is 0 Å². The largest absolute Gasteiger partial charge is 0.508 e. The average Bonchev–Trinajstić information content (AvgIpc) is 3.36. The number of aromatic hydroxyl groups is 1. The number of nitrogens with zero attached hydrogens (tertiary/aromatic N) is 1. The molecule has 0 spiro atoms. The first-order valence-electron chi connectivity index (χ1n) is 7.69. The van der Waals surface area contributed by atoms with Gasteiger partial charge in [-0.25, -0.2) is 9.18 Å². The van der Waals surface area contributed by atoms with Crippen molar-refractivity contribution in [1.82, 2.24) is 10.2 Å². The molecule has 0 bridgehead atoms. The Balaban J connectivity index is 1.64. The molecule has 5 heteroatoms. The third kappa shape index (κ3) is 4.00. The van der Waals surface area contributed by atoms with Crippen LogP contribution in [0.15, 0.2) is 48.5 Å². The molecule has 0 radical (unpaired) electrons. The van der Waals surface area contributed by atoms with E-state index in [1.54, 1.807) is 41.3 Å². The van der Waals surface area contributed by atoms with E-state index in [-0.39, 0.29) is 30.2 Å². The number of benzene rings is 2. The molecule has 2 aromatic rings. The maximum atomic E-state index is 13.6. The minimum absolute atomic E-state index is 0.161. The number of amides is 2. The first-order chi connectivity index (χ1) is 11.1. The van der Waals surface area contributed by atoms with Crippen LogP contribution in [-0.4, -0.2) is 22.1 Å². The number of phenols is 1. The van der Waals surface area contributed by atoms with Gasteiger partial charge >= 0.3 is 6.03 Å². The number of halogens is 1. The molecule has 0 aromatic heterocycles. The van der Waals surface area contributed by atoms with Crippen LogP contribution in [0.3, 0.4) is 0 Å². The number of urea groups is 1. The topological polar surface area (TPSA) is 52.6 Å². The van der Waals surface area contributed by atoms with E-state index in [0.29, 0.717) is 12.1 Å². The van der Waals surface area contributed by atoms with Gasteiger partial charge in [-0.1, -0.05) is 30.3 Å². The molecular formula is C18H19FN2O2. The first-order valence-corrected chi connectivity index (χ1v) is 7.69. The second-order valence-electron chi connectivity index (χ2n) is 5.78. The molecule has 120 valence electrons. The van der Waals surface area contributed by atoms with Gasteiger partial charge in [-0.05, 0) is 36.6 Å². The first kappa shape index (κ1) is 15.3. The van der Waals surface area contributed by atoms with E-state index in [4.69, 9.17) is 0 Å². The Morgan fingerprint density at radius 2 is 2.00 bits per heavy atom. The summed E-state index contributed by atoms with van der Waals surface area (Å²) in [5.41, 5.74) is 1.34. The second kappa shape index (κ2) is 6.69. The zero-order valence-electron chi connectivity index (χ0n) is 12.7. The van der Waals surface area contributed by atoms with E-state index in [1.165, 1.54) is 6.07 Å². The molecule has 2 N–H and O–H groups in total. The zero-order chi connectivity index (χ0) is 16.2. The van der Waals surface area contributed by atoms with E-state index in [0.717, 1.165) is 18.4 Å². The van der Waals surface area contributed by atoms with Gasteiger partial charge in [0.1, 0.15) is 11.6 Å². The predicted octanol–water partition coefficient (Wildman–Crippen LogP) is 3.41. The molecule has 0 aliphatic heterocycles. The van der Waals surface area contributed by atoms with Crippen molar-refractivity contribution in [2.75, 3.05) is 0 Å². The van der Waals surface area contributed by atoms with Crippen molar-refractivity contribution in [3.63, 3.8) is 0 Å². The number of phenolic OH excluding ortho intramolecular Hbond substituents is 1. The Hall–Kier alpha value is -2.56. The molecule has 0 unspecified atom stereocenters. The fraction of sp³-hybridized carbons (Fsp3) is 0.278. The van der Waals surface area contributed by atoms with Crippen LogP contribution in [0.1, 0.15) is 24.0 Å². The number of hydrogen-bond acceptors (Lipinski definition) is 2. The molecule has 1 aliphatic rings. The SMILES string of the molecule is O=C(NCc1ccccc1F)N(Cc1cccc(O)c1)C1CC1. The number of rotatable bonds is 5. The van der Waals surface area contributed by atoms with Crippen molar-refractivity contribution in [2.24, 2.45) is 0 Å². The van der Waals surface area contributed by atoms with Crippen molar-refractivity contribution in [3.8, 4) is 5.75 Å². The van der Waals surface area contributed by atoms with Gasteiger partial charge in [0.15, 0.2) is 0 Å². The summed E-state index contributed by atoms with van der Waals surface area (Å²) in [5, 5.41) is 12.3. The van der Waals surface area contributed by atoms with Gasteiger partial charge in [0.2, 0.25) is 0 Å². The maximum absolute atomic E-state index is 13.6. The van der Waals surface area contributed by atoms with Gasteiger partial charge in [-0.3, -0.25) is 0 Å². The number of nitrogens with one attached hydrogen (secondary N) is 1. The van der Waals surface area contributed by atoms with Crippen molar-refractivity contribution >= 4 is 6.03 Å². The predicted molar refractivity (Wildman–Crippen MR) is 85.3 cm³/mol. The quantitative estimate of drug-likeness (QED) is 0.888. The smallest absolute Gasteiger partial charge is 0.318 e. The van der Waals surface area contributed by atoms with Gasteiger partial charge in [-0.15, -0.1) is 0 Å². The lowest BCUT2D eigenvalue weighted by molar-refractivity contribution is 0.191. The van der Waals surface area contributed by atoms with E-state index in [2.05, 4.69) is 5.32 Å². The summed E-state index contributed by atoms with van der Waals surface area (Å²) in [6.07, 6.45) is 1.96. The van der Waals surface area contributed by atoms with Crippen molar-refractivity contribution in [2.45, 2.75) is 32.0 Å². The average molecular weight is 314 g/mol. The highest BCUT2D eigenvalue weighted by Crippen LogP contribution is 2.29. The summed E-state index contributed by atoms with van der Waals surface area (Å²) in [6.45, 7) is 0.594. The van der Waals surface area contributed by atoms with Crippen LogP contribution in [0.4, 0.5) is 9.18 Å². The molecule has 2 amide bonds. The van der Waals surface area contributed by atoms with Crippen LogP contribution in [-0.2, 0) is 13.1 Å². The second-order valence-corrected chi connectivity index (χ2v) is 5.78. The lowest BCUT2D eigenvalue weighted by Crippen LogP contribution is -2.40. The highest BCUT2D eigenvalue weighted by Gasteiger charge is 2.32. The third-order valence-corrected chi connectivity index (χ3v) is 3.90. The van der Waals surface area contributed by atoms with Crippen LogP contribution in [0.5, 0.6) is 5.75 Å². The number of hydrogen-bond donors (Lipinski definition) is 2. The fourth-order valence-electron chi connectivity index (χ4n) is 2.52. The van der Waals surface area contributed by atoms with Crippen LogP contribution in [0.2, 0.25) is 0 Å². The highest BCUT2D eigenvalue weighted by molar-refractivity contribution is 5.75. The van der Waals surface area contributed by atoms with Crippen molar-refractivity contribution in [3.05, 3.63) is 65.5 Å². The minimum atomic E-state index is -0.321. The summed E-state index contributed by atoms with van der Waals surface area (Å²) in [6, 6.07) is 13.3. The Morgan fingerprint density at radius 1 is 1.22 bits per heavy atom. The molecule has 1 aliphatic carbocycles. The molecule has 3 rings (SSSR count). The molecule has 23 heavy (non-hydrogen) atoms. The van der Waals surface area contributed by atoms with Crippen LogP contribution < -0.4 is 5.32 Å². The Morgan fingerprint density at radius 3 is 2.70 bits per heavy atom. The van der Waals surface area contributed by atoms with Gasteiger partial charge in [0.25, 0.3) is 0 Å².